The number of nitrogens with one attached hydrogen (secondary N) is 8. The van der Waals surface area contributed by atoms with Gasteiger partial charge in [-0.15, -0.1) is 0 Å². The molecule has 2 aromatic carbocycles. The summed E-state index contributed by atoms with van der Waals surface area (Å²) < 4.78 is 0. The molecule has 434 valence electrons. The van der Waals surface area contributed by atoms with Crippen molar-refractivity contribution in [1.29, 1.82) is 0 Å². The van der Waals surface area contributed by atoms with E-state index in [0.717, 1.165) is 50.3 Å². The van der Waals surface area contributed by atoms with Crippen molar-refractivity contribution in [2.24, 2.45) is 22.4 Å². The lowest BCUT2D eigenvalue weighted by atomic mass is 9.97. The summed E-state index contributed by atoms with van der Waals surface area (Å²) in [5.74, 6) is -7.33. The summed E-state index contributed by atoms with van der Waals surface area (Å²) in [6.45, 7) is 6.14. The molecule has 0 radical (unpaired) electrons. The number of hydrogen-bond donors (Lipinski definition) is 14. The molecule has 0 aromatic heterocycles. The van der Waals surface area contributed by atoms with Crippen molar-refractivity contribution in [3.05, 3.63) is 59.7 Å². The number of carboxylic acids is 3. The van der Waals surface area contributed by atoms with E-state index in [1.54, 1.807) is 0 Å². The molecular weight excluding hydrogens is 1040 g/mol. The van der Waals surface area contributed by atoms with Gasteiger partial charge in [0, 0.05) is 77.1 Å². The highest BCUT2D eigenvalue weighted by Gasteiger charge is 2.33. The van der Waals surface area contributed by atoms with E-state index < -0.39 is 84.6 Å². The normalized spacial score (nSPS) is 24.2. The molecule has 3 fully saturated rings. The third-order valence-electron chi connectivity index (χ3n) is 13.8. The quantitative estimate of drug-likeness (QED) is 0.0297. The molecule has 4 unspecified atom stereocenters. The predicted molar refractivity (Wildman–Crippen MR) is 297 cm³/mol. The highest BCUT2D eigenvalue weighted by Crippen LogP contribution is 2.19. The summed E-state index contributed by atoms with van der Waals surface area (Å²) in [5.41, 5.74) is 13.3. The number of nitrogens with two attached hydrogens (primary N) is 2. The largest absolute Gasteiger partial charge is 0.508 e. The minimum Gasteiger partial charge on any atom is -0.508 e. The Labute approximate surface area is 464 Å². The Morgan fingerprint density at radius 2 is 1.29 bits per heavy atom. The number of rotatable bonds is 20. The van der Waals surface area contributed by atoms with Crippen LogP contribution in [0.4, 0.5) is 5.69 Å². The van der Waals surface area contributed by atoms with Crippen molar-refractivity contribution in [1.82, 2.24) is 51.9 Å². The standard InChI is InChI=1S/C52H78N14O12S/c53-51(54)56-17-3-6-39-47(75)58-29-43(68)60-42(28-45(71)72)50(78)63-41(26-34-9-13-38(67)14-10-34)49(77)62-40(48(76)61-39)5-1-2-16-57-52(79)59-36-11-7-33(8-12-36)25-35-30-64-19-4-20-65(32-46(73)74)23-24-66(31-35)22-18-55-37(15-21-64)27-44(69)70/h7-14,35,37,39-42,55,67H,1-6,15-32H2,(H,58,75)(H,60,68)(H,61,76)(H,62,77)(H,63,78)(H,69,70)(H,71,72)(H,73,74)(H4,53,54,56)(H2,57,59,79)/t35?,37?,39-,40-,41-,42-/m0/s1. The van der Waals surface area contributed by atoms with E-state index in [1.165, 1.54) is 24.3 Å². The zero-order valence-electron chi connectivity index (χ0n) is 44.5. The first-order valence-electron chi connectivity index (χ1n) is 26.8. The number of aromatic hydroxyl groups is 1. The van der Waals surface area contributed by atoms with Crippen LogP contribution < -0.4 is 54.0 Å². The highest BCUT2D eigenvalue weighted by molar-refractivity contribution is 7.80. The second-order valence-electron chi connectivity index (χ2n) is 20.2. The van der Waals surface area contributed by atoms with Gasteiger partial charge < -0.3 is 84.2 Å². The Balaban J connectivity index is 1.23. The number of guanidine groups is 1. The fourth-order valence-corrected chi connectivity index (χ4v) is 10.0. The molecule has 0 aliphatic carbocycles. The second-order valence-corrected chi connectivity index (χ2v) is 20.7. The monoisotopic (exact) mass is 1120 g/mol. The van der Waals surface area contributed by atoms with E-state index in [9.17, 15) is 58.8 Å². The van der Waals surface area contributed by atoms with Gasteiger partial charge in [-0.25, -0.2) is 0 Å². The minimum absolute atomic E-state index is 0.0189. The maximum atomic E-state index is 14.2. The number of thiocarbonyl (C=S) groups is 1. The molecule has 27 heteroatoms. The number of carbonyl (C=O) groups excluding carboxylic acids is 5. The number of nitrogens with zero attached hydrogens (tertiary/aromatic N) is 4. The number of aliphatic imine (C=N–C) groups is 1. The van der Waals surface area contributed by atoms with Crippen LogP contribution in [0.15, 0.2) is 53.5 Å². The topological polar surface area (TPSA) is 388 Å². The van der Waals surface area contributed by atoms with Crippen molar-refractivity contribution in [2.75, 3.05) is 90.4 Å². The van der Waals surface area contributed by atoms with Gasteiger partial charge in [0.1, 0.15) is 29.9 Å². The Hall–Kier alpha value is -7.20. The van der Waals surface area contributed by atoms with Gasteiger partial charge in [0.15, 0.2) is 11.1 Å². The number of aliphatic carboxylic acids is 3. The fraction of sp³-hybridized carbons (Fsp3) is 0.577. The van der Waals surface area contributed by atoms with Gasteiger partial charge >= 0.3 is 17.9 Å². The zero-order chi connectivity index (χ0) is 57.3. The second kappa shape index (κ2) is 32.6. The van der Waals surface area contributed by atoms with Gasteiger partial charge in [-0.2, -0.15) is 0 Å². The van der Waals surface area contributed by atoms with E-state index in [4.69, 9.17) is 23.7 Å². The van der Waals surface area contributed by atoms with Gasteiger partial charge in [0.05, 0.1) is 25.9 Å². The van der Waals surface area contributed by atoms with Crippen molar-refractivity contribution >= 4 is 76.4 Å². The number of carbonyl (C=O) groups is 8. The average molecular weight is 1120 g/mol. The molecule has 79 heavy (non-hydrogen) atoms. The number of carboxylic acid groups (broad SMARTS) is 3. The van der Waals surface area contributed by atoms with Crippen LogP contribution in [0.2, 0.25) is 0 Å². The van der Waals surface area contributed by atoms with Crippen LogP contribution in [-0.4, -0.2) is 209 Å². The molecule has 3 heterocycles. The summed E-state index contributed by atoms with van der Waals surface area (Å²) in [4.78, 5) is 114. The number of fused-ring (bicyclic) bond motifs is 4. The van der Waals surface area contributed by atoms with Gasteiger partial charge in [-0.3, -0.25) is 48.2 Å². The molecular formula is C52H78N14O12S. The van der Waals surface area contributed by atoms with Gasteiger partial charge in [-0.05, 0) is 118 Å². The first-order valence-corrected chi connectivity index (χ1v) is 27.2. The lowest BCUT2D eigenvalue weighted by molar-refractivity contribution is -0.141. The van der Waals surface area contributed by atoms with Crippen LogP contribution in [0.3, 0.4) is 0 Å². The molecule has 16 N–H and O–H groups in total. The summed E-state index contributed by atoms with van der Waals surface area (Å²) in [5, 5.41) is 61.5. The van der Waals surface area contributed by atoms with Crippen molar-refractivity contribution in [3.8, 4) is 5.75 Å². The van der Waals surface area contributed by atoms with E-state index in [0.29, 0.717) is 69.2 Å². The van der Waals surface area contributed by atoms with E-state index >= 15 is 0 Å². The SMILES string of the molecule is NC(N)=NCCC[C@@H]1NC(=O)[C@H](CCCCNC(=S)Nc2ccc(CC3CN4CCCN(CC(=O)O)CCN(CCNC(CC(=O)O)CC4)C3)cc2)NC(=O)[C@H](Cc2ccc(O)cc2)NC(=O)[C@H](CC(=O)O)NC(=O)CNC1=O. The maximum absolute atomic E-state index is 14.2. The number of benzene rings is 2. The van der Waals surface area contributed by atoms with Crippen molar-refractivity contribution < 1.29 is 58.8 Å². The van der Waals surface area contributed by atoms with E-state index in [2.05, 4.69) is 69.5 Å². The summed E-state index contributed by atoms with van der Waals surface area (Å²) in [6, 6.07) is 8.14. The molecule has 5 rings (SSSR count). The molecule has 3 saturated heterocycles. The zero-order valence-corrected chi connectivity index (χ0v) is 45.3. The van der Waals surface area contributed by atoms with Crippen LogP contribution in [0.25, 0.3) is 0 Å². The number of anilines is 1. The van der Waals surface area contributed by atoms with Crippen LogP contribution in [0.5, 0.6) is 5.75 Å². The Morgan fingerprint density at radius 3 is 1.97 bits per heavy atom. The number of amides is 5. The van der Waals surface area contributed by atoms with Crippen molar-refractivity contribution in [3.63, 3.8) is 0 Å². The fourth-order valence-electron chi connectivity index (χ4n) is 9.78. The number of unbranched alkanes of at least 4 members (excludes halogenated alkanes) is 1. The van der Waals surface area contributed by atoms with Gasteiger partial charge in [0.25, 0.3) is 0 Å². The van der Waals surface area contributed by atoms with Crippen LogP contribution >= 0.6 is 12.2 Å². The molecule has 3 aliphatic rings. The lowest BCUT2D eigenvalue weighted by Crippen LogP contribution is -2.58. The third-order valence-corrected chi connectivity index (χ3v) is 14.0. The third kappa shape index (κ3) is 23.7. The molecule has 2 aromatic rings. The van der Waals surface area contributed by atoms with Crippen LogP contribution in [0, 0.1) is 5.92 Å². The maximum Gasteiger partial charge on any atom is 0.317 e. The first kappa shape index (κ1) is 62.6. The number of phenolic OH excluding ortho intramolecular Hbond substituents is 1. The predicted octanol–water partition coefficient (Wildman–Crippen LogP) is -1.92. The molecule has 5 amide bonds. The van der Waals surface area contributed by atoms with Gasteiger partial charge in [-0.1, -0.05) is 24.3 Å². The van der Waals surface area contributed by atoms with Crippen LogP contribution in [0.1, 0.15) is 68.9 Å². The minimum atomic E-state index is -1.65. The lowest BCUT2D eigenvalue weighted by Gasteiger charge is -2.31. The average Bonchev–Trinajstić information content (AvgIpc) is 3.46. The molecule has 3 aliphatic heterocycles. The van der Waals surface area contributed by atoms with Crippen LogP contribution in [-0.2, 0) is 51.2 Å². The summed E-state index contributed by atoms with van der Waals surface area (Å²) in [7, 11) is 0. The molecule has 8 atom stereocenters. The first-order chi connectivity index (χ1) is 37.8. The van der Waals surface area contributed by atoms with E-state index in [1.807, 2.05) is 17.0 Å². The number of phenols is 1. The Morgan fingerprint density at radius 1 is 0.671 bits per heavy atom. The molecule has 2 bridgehead atoms. The Bertz CT molecular complexity index is 2370. The molecule has 0 saturated carbocycles. The Kier molecular flexibility index (Phi) is 25.9. The highest BCUT2D eigenvalue weighted by atomic mass is 32.1. The van der Waals surface area contributed by atoms with Crippen molar-refractivity contribution in [2.45, 2.75) is 101 Å². The number of hydrogen-bond acceptors (Lipinski definition) is 15. The summed E-state index contributed by atoms with van der Waals surface area (Å²) >= 11 is 5.64. The van der Waals surface area contributed by atoms with E-state index in [-0.39, 0.29) is 68.9 Å². The van der Waals surface area contributed by atoms with Gasteiger partial charge in [0.2, 0.25) is 29.5 Å². The smallest absolute Gasteiger partial charge is 0.317 e. The molecule has 26 nitrogen and oxygen atoms in total. The molecule has 0 spiro atoms. The summed E-state index contributed by atoms with van der Waals surface area (Å²) in [6.07, 6.45) is 2.43.